The Morgan fingerprint density at radius 2 is 1.49 bits per heavy atom. The molecule has 0 aliphatic rings. The van der Waals surface area contributed by atoms with Crippen molar-refractivity contribution in [1.29, 1.82) is 0 Å². The van der Waals surface area contributed by atoms with E-state index in [1.165, 1.54) is 6.42 Å². The highest BCUT2D eigenvalue weighted by atomic mass is 16.6. The Bertz CT molecular complexity index is 682. The zero-order valence-electron chi connectivity index (χ0n) is 23.9. The molecule has 0 fully saturated rings. The fourth-order valence-electron chi connectivity index (χ4n) is 3.64. The molecule has 0 saturated carbocycles. The van der Waals surface area contributed by atoms with Gasteiger partial charge in [-0.3, -0.25) is 9.59 Å². The Morgan fingerprint density at radius 3 is 2.11 bits per heavy atom. The monoisotopic (exact) mass is 526 g/mol. The zero-order valence-corrected chi connectivity index (χ0v) is 23.9. The van der Waals surface area contributed by atoms with E-state index in [1.54, 1.807) is 6.92 Å². The van der Waals surface area contributed by atoms with Crippen LogP contribution in [0.25, 0.3) is 0 Å². The minimum atomic E-state index is -0.886. The van der Waals surface area contributed by atoms with Gasteiger partial charge in [0.2, 0.25) is 0 Å². The Morgan fingerprint density at radius 1 is 0.838 bits per heavy atom. The highest BCUT2D eigenvalue weighted by molar-refractivity contribution is 5.72. The number of carbonyl (C=O) groups is 3. The Labute approximate surface area is 224 Å². The lowest BCUT2D eigenvalue weighted by atomic mass is 10.1. The average Bonchev–Trinajstić information content (AvgIpc) is 2.83. The summed E-state index contributed by atoms with van der Waals surface area (Å²) in [6.07, 6.45) is 18.6. The van der Waals surface area contributed by atoms with E-state index in [-0.39, 0.29) is 42.7 Å². The summed E-state index contributed by atoms with van der Waals surface area (Å²) in [7, 11) is 5.46. The number of carboxylic acids is 1. The number of hydrogen-bond acceptors (Lipinski definition) is 6. The van der Waals surface area contributed by atoms with Crippen LogP contribution in [-0.4, -0.2) is 80.6 Å². The molecule has 8 heteroatoms. The number of allylic oxidation sites excluding steroid dienone is 4. The van der Waals surface area contributed by atoms with Crippen LogP contribution in [0.3, 0.4) is 0 Å². The molecule has 0 saturated heterocycles. The third kappa shape index (κ3) is 20.5. The van der Waals surface area contributed by atoms with Crippen molar-refractivity contribution in [2.45, 2.75) is 103 Å². The molecule has 0 radical (unpaired) electrons. The fraction of sp³-hybridized carbons (Fsp3) is 0.759. The summed E-state index contributed by atoms with van der Waals surface area (Å²) in [5, 5.41) is 9.42. The maximum Gasteiger partial charge on any atom is 0.362 e. The van der Waals surface area contributed by atoms with Crippen LogP contribution in [0.5, 0.6) is 0 Å². The van der Waals surface area contributed by atoms with E-state index in [2.05, 4.69) is 31.2 Å². The molecule has 0 aliphatic carbocycles. The molecule has 0 aromatic heterocycles. The molecule has 0 rings (SSSR count). The van der Waals surface area contributed by atoms with Gasteiger partial charge in [-0.2, -0.15) is 0 Å². The van der Waals surface area contributed by atoms with Crippen LogP contribution >= 0.6 is 0 Å². The van der Waals surface area contributed by atoms with Gasteiger partial charge >= 0.3 is 17.9 Å². The number of carbonyl (C=O) groups excluding carboxylic acids is 2. The first-order valence-corrected chi connectivity index (χ1v) is 13.9. The molecule has 0 aromatic rings. The maximum atomic E-state index is 12.3. The van der Waals surface area contributed by atoms with Crippen LogP contribution in [0.2, 0.25) is 0 Å². The number of rotatable bonds is 23. The van der Waals surface area contributed by atoms with Gasteiger partial charge in [0.05, 0.1) is 34.4 Å². The molecule has 0 amide bonds. The summed E-state index contributed by atoms with van der Waals surface area (Å²) < 4.78 is 16.5. The van der Waals surface area contributed by atoms with Crippen LogP contribution in [0.4, 0.5) is 0 Å². The summed E-state index contributed by atoms with van der Waals surface area (Å²) in [5.41, 5.74) is 0. The van der Waals surface area contributed by atoms with Crippen molar-refractivity contribution in [3.05, 3.63) is 24.3 Å². The Hall–Kier alpha value is -2.19. The SMILES string of the molecule is CCC/C=C\C/C=C\CCCCCCCC(=O)OC(COCCC(C(=O)O)[N+](C)(C)C)COC(=O)CC. The number of nitrogens with zero attached hydrogens (tertiary/aromatic N) is 1. The molecular formula is C29H52NO7+. The quantitative estimate of drug-likeness (QED) is 0.0818. The highest BCUT2D eigenvalue weighted by Gasteiger charge is 2.31. The van der Waals surface area contributed by atoms with Crippen molar-refractivity contribution in [3.63, 3.8) is 0 Å². The number of aliphatic carboxylic acids is 1. The normalized spacial score (nSPS) is 13.6. The summed E-state index contributed by atoms with van der Waals surface area (Å²) in [6, 6.07) is -0.609. The van der Waals surface area contributed by atoms with Gasteiger partial charge in [-0.1, -0.05) is 63.8 Å². The average molecular weight is 527 g/mol. The van der Waals surface area contributed by atoms with E-state index < -0.39 is 18.1 Å². The topological polar surface area (TPSA) is 99.1 Å². The van der Waals surface area contributed by atoms with Crippen molar-refractivity contribution in [2.75, 3.05) is 41.0 Å². The van der Waals surface area contributed by atoms with Crippen LogP contribution in [0.1, 0.15) is 90.9 Å². The van der Waals surface area contributed by atoms with Gasteiger partial charge in [0.25, 0.3) is 0 Å². The lowest BCUT2D eigenvalue weighted by Gasteiger charge is -2.31. The Balaban J connectivity index is 4.23. The van der Waals surface area contributed by atoms with Crippen LogP contribution in [0.15, 0.2) is 24.3 Å². The second kappa shape index (κ2) is 21.9. The molecule has 0 heterocycles. The highest BCUT2D eigenvalue weighted by Crippen LogP contribution is 2.11. The summed E-state index contributed by atoms with van der Waals surface area (Å²) in [6.45, 7) is 4.05. The second-order valence-electron chi connectivity index (χ2n) is 10.3. The minimum absolute atomic E-state index is 0.0497. The van der Waals surface area contributed by atoms with E-state index in [0.29, 0.717) is 12.8 Å². The van der Waals surface area contributed by atoms with Gasteiger partial charge in [0, 0.05) is 19.3 Å². The molecule has 214 valence electrons. The van der Waals surface area contributed by atoms with Gasteiger partial charge in [-0.05, 0) is 32.1 Å². The van der Waals surface area contributed by atoms with Crippen molar-refractivity contribution < 1.29 is 38.2 Å². The van der Waals surface area contributed by atoms with Crippen LogP contribution in [-0.2, 0) is 28.6 Å². The molecule has 0 spiro atoms. The number of quaternary nitrogens is 1. The van der Waals surface area contributed by atoms with Gasteiger partial charge in [0.15, 0.2) is 12.1 Å². The maximum absolute atomic E-state index is 12.3. The first-order chi connectivity index (χ1) is 17.6. The van der Waals surface area contributed by atoms with E-state index >= 15 is 0 Å². The molecule has 37 heavy (non-hydrogen) atoms. The van der Waals surface area contributed by atoms with Crippen LogP contribution < -0.4 is 0 Å². The summed E-state index contributed by atoms with van der Waals surface area (Å²) in [5.74, 6) is -1.60. The van der Waals surface area contributed by atoms with E-state index in [0.717, 1.165) is 51.4 Å². The van der Waals surface area contributed by atoms with E-state index in [1.807, 2.05) is 21.1 Å². The fourth-order valence-corrected chi connectivity index (χ4v) is 3.64. The van der Waals surface area contributed by atoms with Gasteiger partial charge < -0.3 is 23.8 Å². The van der Waals surface area contributed by atoms with Gasteiger partial charge in [-0.15, -0.1) is 0 Å². The first kappa shape index (κ1) is 34.8. The Kier molecular flexibility index (Phi) is 20.6. The third-order valence-corrected chi connectivity index (χ3v) is 5.89. The number of esters is 2. The van der Waals surface area contributed by atoms with Gasteiger partial charge in [0.1, 0.15) is 6.61 Å². The second-order valence-corrected chi connectivity index (χ2v) is 10.3. The largest absolute Gasteiger partial charge is 0.477 e. The van der Waals surface area contributed by atoms with Crippen molar-refractivity contribution in [2.24, 2.45) is 0 Å². The van der Waals surface area contributed by atoms with Gasteiger partial charge in [-0.25, -0.2) is 4.79 Å². The third-order valence-electron chi connectivity index (χ3n) is 5.89. The molecule has 2 atom stereocenters. The number of unbranched alkanes of at least 4 members (excludes halogenated alkanes) is 6. The molecular weight excluding hydrogens is 474 g/mol. The lowest BCUT2D eigenvalue weighted by molar-refractivity contribution is -0.887. The first-order valence-electron chi connectivity index (χ1n) is 13.9. The molecule has 0 bridgehead atoms. The summed E-state index contributed by atoms with van der Waals surface area (Å²) in [4.78, 5) is 35.3. The number of hydrogen-bond donors (Lipinski definition) is 1. The van der Waals surface area contributed by atoms with Crippen molar-refractivity contribution >= 4 is 17.9 Å². The standard InChI is InChI=1S/C29H51NO7/c1-6-8-9-10-11-12-13-14-15-16-17-18-19-20-28(32)37-25(24-36-27(31)7-2)23-35-22-21-26(29(33)34)30(3,4)5/h9-10,12-13,25-26H,6-8,11,14-24H2,1-5H3/p+1/b10-9-,13-12-. The smallest absolute Gasteiger partial charge is 0.362 e. The molecule has 1 N–H and O–H groups in total. The lowest BCUT2D eigenvalue weighted by Crippen LogP contribution is -2.50. The van der Waals surface area contributed by atoms with Crippen LogP contribution in [0, 0.1) is 0 Å². The van der Waals surface area contributed by atoms with Crippen molar-refractivity contribution in [1.82, 2.24) is 0 Å². The van der Waals surface area contributed by atoms with Crippen molar-refractivity contribution in [3.8, 4) is 0 Å². The molecule has 0 aliphatic heterocycles. The zero-order chi connectivity index (χ0) is 27.9. The number of likely N-dealkylation sites (N-methyl/N-ethyl adjacent to an activating group) is 1. The minimum Gasteiger partial charge on any atom is -0.477 e. The number of carboxylic acid groups (broad SMARTS) is 1. The predicted octanol–water partition coefficient (Wildman–Crippen LogP) is 5.45. The predicted molar refractivity (Wildman–Crippen MR) is 146 cm³/mol. The molecule has 2 unspecified atom stereocenters. The molecule has 8 nitrogen and oxygen atoms in total. The number of ether oxygens (including phenoxy) is 3. The molecule has 0 aromatic carbocycles. The van der Waals surface area contributed by atoms with E-state index in [4.69, 9.17) is 14.2 Å². The van der Waals surface area contributed by atoms with E-state index in [9.17, 15) is 19.5 Å². The summed E-state index contributed by atoms with van der Waals surface area (Å²) >= 11 is 0.